The first-order valence-electron chi connectivity index (χ1n) is 6.37. The number of likely N-dealkylation sites (N-methyl/N-ethyl adjacent to an activating group) is 1. The molecule has 0 bridgehead atoms. The minimum absolute atomic E-state index is 0.739. The Morgan fingerprint density at radius 2 is 1.80 bits per heavy atom. The normalized spacial score (nSPS) is 21.8. The number of hydrogen-bond acceptors (Lipinski definition) is 3. The van der Waals surface area contributed by atoms with Gasteiger partial charge in [0.2, 0.25) is 0 Å². The first kappa shape index (κ1) is 12.9. The molecular formula is C12H27N3. The van der Waals surface area contributed by atoms with Crippen LogP contribution in [-0.4, -0.2) is 62.2 Å². The smallest absolute Gasteiger partial charge is 0.0113 e. The molecule has 3 heteroatoms. The van der Waals surface area contributed by atoms with Gasteiger partial charge in [0.15, 0.2) is 0 Å². The van der Waals surface area contributed by atoms with Gasteiger partial charge in [-0.3, -0.25) is 4.90 Å². The maximum Gasteiger partial charge on any atom is 0.0113 e. The lowest BCUT2D eigenvalue weighted by atomic mass is 10.1. The van der Waals surface area contributed by atoms with Crippen molar-refractivity contribution in [1.82, 2.24) is 15.1 Å². The van der Waals surface area contributed by atoms with Crippen LogP contribution in [0.3, 0.4) is 0 Å². The van der Waals surface area contributed by atoms with E-state index in [1.807, 2.05) is 0 Å². The summed E-state index contributed by atoms with van der Waals surface area (Å²) in [6.07, 6.45) is 2.52. The fourth-order valence-electron chi connectivity index (χ4n) is 2.06. The Balaban J connectivity index is 2.08. The highest BCUT2D eigenvalue weighted by Crippen LogP contribution is 2.07. The van der Waals surface area contributed by atoms with Crippen molar-refractivity contribution >= 4 is 0 Å². The molecule has 3 nitrogen and oxygen atoms in total. The van der Waals surface area contributed by atoms with Crippen LogP contribution in [0.2, 0.25) is 0 Å². The molecule has 0 amide bonds. The third kappa shape index (κ3) is 4.96. The molecule has 0 radical (unpaired) electrons. The Morgan fingerprint density at radius 1 is 1.13 bits per heavy atom. The molecule has 1 saturated heterocycles. The van der Waals surface area contributed by atoms with Crippen molar-refractivity contribution in [3.05, 3.63) is 0 Å². The van der Waals surface area contributed by atoms with Gasteiger partial charge in [0.1, 0.15) is 0 Å². The number of rotatable bonds is 6. The second kappa shape index (κ2) is 7.20. The third-order valence-corrected chi connectivity index (χ3v) is 3.33. The van der Waals surface area contributed by atoms with Crippen LogP contribution in [0.5, 0.6) is 0 Å². The molecule has 1 N–H and O–H groups in total. The molecular weight excluding hydrogens is 186 g/mol. The average molecular weight is 213 g/mol. The minimum atomic E-state index is 0.739. The lowest BCUT2D eigenvalue weighted by Crippen LogP contribution is -2.48. The summed E-state index contributed by atoms with van der Waals surface area (Å²) < 4.78 is 0. The van der Waals surface area contributed by atoms with Crippen molar-refractivity contribution in [2.45, 2.75) is 32.7 Å². The highest BCUT2D eigenvalue weighted by atomic mass is 15.3. The van der Waals surface area contributed by atoms with E-state index in [-0.39, 0.29) is 0 Å². The molecule has 1 rings (SSSR count). The van der Waals surface area contributed by atoms with Crippen molar-refractivity contribution in [2.75, 3.05) is 46.3 Å². The van der Waals surface area contributed by atoms with E-state index in [9.17, 15) is 0 Å². The fourth-order valence-corrected chi connectivity index (χ4v) is 2.06. The predicted molar refractivity (Wildman–Crippen MR) is 66.3 cm³/mol. The van der Waals surface area contributed by atoms with Gasteiger partial charge in [0.25, 0.3) is 0 Å². The van der Waals surface area contributed by atoms with E-state index in [0.29, 0.717) is 0 Å². The first-order chi connectivity index (χ1) is 7.24. The van der Waals surface area contributed by atoms with Gasteiger partial charge < -0.3 is 10.2 Å². The maximum absolute atomic E-state index is 3.48. The Kier molecular flexibility index (Phi) is 6.22. The van der Waals surface area contributed by atoms with Crippen LogP contribution in [0.15, 0.2) is 0 Å². The summed E-state index contributed by atoms with van der Waals surface area (Å²) in [4.78, 5) is 5.03. The number of nitrogens with zero attached hydrogens (tertiary/aromatic N) is 2. The van der Waals surface area contributed by atoms with Crippen LogP contribution in [-0.2, 0) is 0 Å². The molecule has 0 aliphatic carbocycles. The Hall–Kier alpha value is -0.120. The Bertz CT molecular complexity index is 153. The lowest BCUT2D eigenvalue weighted by molar-refractivity contribution is 0.114. The van der Waals surface area contributed by atoms with Crippen LogP contribution in [0.25, 0.3) is 0 Å². The zero-order valence-electron chi connectivity index (χ0n) is 10.6. The molecule has 1 atom stereocenters. The zero-order valence-corrected chi connectivity index (χ0v) is 10.6. The van der Waals surface area contributed by atoms with Crippen molar-refractivity contribution in [3.63, 3.8) is 0 Å². The van der Waals surface area contributed by atoms with Crippen LogP contribution >= 0.6 is 0 Å². The van der Waals surface area contributed by atoms with E-state index >= 15 is 0 Å². The molecule has 0 aromatic heterocycles. The third-order valence-electron chi connectivity index (χ3n) is 3.33. The van der Waals surface area contributed by atoms with Crippen molar-refractivity contribution in [1.29, 1.82) is 0 Å². The quantitative estimate of drug-likeness (QED) is 0.664. The highest BCUT2D eigenvalue weighted by Gasteiger charge is 2.18. The lowest BCUT2D eigenvalue weighted by Gasteiger charge is -2.36. The standard InChI is InChI=1S/C12H27N3/c1-4-6-13-7-5-12(2)15-10-8-14(3)9-11-15/h12-13H,4-11H2,1-3H3. The summed E-state index contributed by atoms with van der Waals surface area (Å²) in [5.74, 6) is 0. The molecule has 15 heavy (non-hydrogen) atoms. The van der Waals surface area contributed by atoms with E-state index in [2.05, 4.69) is 36.0 Å². The summed E-state index contributed by atoms with van der Waals surface area (Å²) in [5, 5.41) is 3.48. The number of piperazine rings is 1. The van der Waals surface area contributed by atoms with Crippen molar-refractivity contribution < 1.29 is 0 Å². The molecule has 0 aromatic rings. The van der Waals surface area contributed by atoms with Gasteiger partial charge in [0, 0.05) is 32.2 Å². The topological polar surface area (TPSA) is 18.5 Å². The summed E-state index contributed by atoms with van der Waals surface area (Å²) in [7, 11) is 2.21. The second-order valence-corrected chi connectivity index (χ2v) is 4.73. The van der Waals surface area contributed by atoms with Crippen molar-refractivity contribution in [2.24, 2.45) is 0 Å². The van der Waals surface area contributed by atoms with Gasteiger partial charge in [-0.05, 0) is 39.9 Å². The number of hydrogen-bond donors (Lipinski definition) is 1. The summed E-state index contributed by atoms with van der Waals surface area (Å²) in [5.41, 5.74) is 0. The fraction of sp³-hybridized carbons (Fsp3) is 1.00. The molecule has 90 valence electrons. The van der Waals surface area contributed by atoms with Crippen molar-refractivity contribution in [3.8, 4) is 0 Å². The Labute approximate surface area is 94.8 Å². The molecule has 0 spiro atoms. The van der Waals surface area contributed by atoms with Gasteiger partial charge >= 0.3 is 0 Å². The van der Waals surface area contributed by atoms with Gasteiger partial charge in [-0.25, -0.2) is 0 Å². The summed E-state index contributed by atoms with van der Waals surface area (Å²) >= 11 is 0. The molecule has 1 unspecified atom stereocenters. The SMILES string of the molecule is CCCNCCC(C)N1CCN(C)CC1. The van der Waals surface area contributed by atoms with Gasteiger partial charge in [0.05, 0.1) is 0 Å². The van der Waals surface area contributed by atoms with E-state index in [4.69, 9.17) is 0 Å². The molecule has 1 aliphatic rings. The minimum Gasteiger partial charge on any atom is -0.317 e. The van der Waals surface area contributed by atoms with E-state index < -0.39 is 0 Å². The van der Waals surface area contributed by atoms with E-state index in [1.165, 1.54) is 45.6 Å². The molecule has 1 aliphatic heterocycles. The predicted octanol–water partition coefficient (Wildman–Crippen LogP) is 1.01. The summed E-state index contributed by atoms with van der Waals surface area (Å²) in [6.45, 7) is 11.9. The maximum atomic E-state index is 3.48. The monoisotopic (exact) mass is 213 g/mol. The summed E-state index contributed by atoms with van der Waals surface area (Å²) in [6, 6.07) is 0.739. The largest absolute Gasteiger partial charge is 0.317 e. The Morgan fingerprint density at radius 3 is 2.40 bits per heavy atom. The zero-order chi connectivity index (χ0) is 11.1. The van der Waals surface area contributed by atoms with Crippen LogP contribution < -0.4 is 5.32 Å². The van der Waals surface area contributed by atoms with E-state index in [1.54, 1.807) is 0 Å². The first-order valence-corrected chi connectivity index (χ1v) is 6.37. The van der Waals surface area contributed by atoms with E-state index in [0.717, 1.165) is 12.6 Å². The van der Waals surface area contributed by atoms with Gasteiger partial charge in [-0.1, -0.05) is 6.92 Å². The van der Waals surface area contributed by atoms with Crippen LogP contribution in [0, 0.1) is 0 Å². The van der Waals surface area contributed by atoms with Crippen LogP contribution in [0.4, 0.5) is 0 Å². The number of nitrogens with one attached hydrogen (secondary N) is 1. The molecule has 0 aromatic carbocycles. The van der Waals surface area contributed by atoms with Crippen LogP contribution in [0.1, 0.15) is 26.7 Å². The highest BCUT2D eigenvalue weighted by molar-refractivity contribution is 4.74. The van der Waals surface area contributed by atoms with Gasteiger partial charge in [-0.15, -0.1) is 0 Å². The molecule has 0 saturated carbocycles. The average Bonchev–Trinajstić information content (AvgIpc) is 2.25. The van der Waals surface area contributed by atoms with Gasteiger partial charge in [-0.2, -0.15) is 0 Å². The second-order valence-electron chi connectivity index (χ2n) is 4.73. The molecule has 1 heterocycles. The molecule has 1 fully saturated rings.